The van der Waals surface area contributed by atoms with Gasteiger partial charge in [0, 0.05) is 23.0 Å². The molecule has 0 unspecified atom stereocenters. The van der Waals surface area contributed by atoms with Crippen molar-refractivity contribution in [3.05, 3.63) is 41.4 Å². The Morgan fingerprint density at radius 1 is 1.46 bits per heavy atom. The Bertz CT molecular complexity index is 875. The SMILES string of the molecule is Cc1cc(C(=O)CSc2n[nH]c(-c3ccco3)n2)c(C)n1C1CC1. The number of carbonyl (C=O) groups excluding carboxylic acids is 1. The zero-order valence-corrected chi connectivity index (χ0v) is 14.4. The van der Waals surface area contributed by atoms with Crippen molar-refractivity contribution in [3.63, 3.8) is 0 Å². The van der Waals surface area contributed by atoms with Crippen LogP contribution in [-0.2, 0) is 0 Å². The van der Waals surface area contributed by atoms with Crippen molar-refractivity contribution in [2.75, 3.05) is 5.75 Å². The molecule has 0 aromatic carbocycles. The van der Waals surface area contributed by atoms with Crippen LogP contribution in [0.5, 0.6) is 0 Å². The summed E-state index contributed by atoms with van der Waals surface area (Å²) in [5.74, 6) is 1.64. The van der Waals surface area contributed by atoms with E-state index in [1.165, 1.54) is 30.3 Å². The number of H-pyrrole nitrogens is 1. The Hall–Kier alpha value is -2.28. The highest BCUT2D eigenvalue weighted by Crippen LogP contribution is 2.38. The molecule has 1 aliphatic carbocycles. The molecule has 6 nitrogen and oxygen atoms in total. The van der Waals surface area contributed by atoms with Gasteiger partial charge in [0.15, 0.2) is 17.4 Å². The van der Waals surface area contributed by atoms with Crippen molar-refractivity contribution in [2.24, 2.45) is 0 Å². The molecular weight excluding hydrogens is 324 g/mol. The fourth-order valence-electron chi connectivity index (χ4n) is 3.00. The van der Waals surface area contributed by atoms with E-state index < -0.39 is 0 Å². The normalized spacial score (nSPS) is 14.2. The quantitative estimate of drug-likeness (QED) is 0.545. The molecule has 7 heteroatoms. The predicted molar refractivity (Wildman–Crippen MR) is 91.3 cm³/mol. The van der Waals surface area contributed by atoms with Gasteiger partial charge in [0.25, 0.3) is 0 Å². The summed E-state index contributed by atoms with van der Waals surface area (Å²) in [4.78, 5) is 16.9. The van der Waals surface area contributed by atoms with Crippen LogP contribution in [0.3, 0.4) is 0 Å². The van der Waals surface area contributed by atoms with Gasteiger partial charge in [0.2, 0.25) is 5.16 Å². The second-order valence-electron chi connectivity index (χ2n) is 6.04. The molecule has 0 bridgehead atoms. The lowest BCUT2D eigenvalue weighted by Gasteiger charge is -2.07. The van der Waals surface area contributed by atoms with Gasteiger partial charge in [-0.1, -0.05) is 11.8 Å². The van der Waals surface area contributed by atoms with Crippen molar-refractivity contribution in [2.45, 2.75) is 37.9 Å². The molecule has 0 aliphatic heterocycles. The first-order valence-electron chi connectivity index (χ1n) is 7.94. The summed E-state index contributed by atoms with van der Waals surface area (Å²) in [6.45, 7) is 4.10. The standard InChI is InChI=1S/C17H18N4O2S/c1-10-8-13(11(2)21(10)12-5-6-12)14(22)9-24-17-18-16(19-20-17)15-4-3-7-23-15/h3-4,7-8,12H,5-6,9H2,1-2H3,(H,18,19,20). The van der Waals surface area contributed by atoms with Crippen LogP contribution in [0.1, 0.15) is 40.6 Å². The van der Waals surface area contributed by atoms with E-state index >= 15 is 0 Å². The average Bonchev–Trinajstić information content (AvgIpc) is 3.01. The van der Waals surface area contributed by atoms with Crippen molar-refractivity contribution >= 4 is 17.5 Å². The lowest BCUT2D eigenvalue weighted by molar-refractivity contribution is 0.102. The topological polar surface area (TPSA) is 76.7 Å². The maximum absolute atomic E-state index is 12.6. The number of rotatable bonds is 6. The highest BCUT2D eigenvalue weighted by molar-refractivity contribution is 7.99. The lowest BCUT2D eigenvalue weighted by Crippen LogP contribution is -2.06. The minimum atomic E-state index is 0.115. The molecule has 0 radical (unpaired) electrons. The molecule has 124 valence electrons. The van der Waals surface area contributed by atoms with E-state index in [0.717, 1.165) is 11.3 Å². The van der Waals surface area contributed by atoms with Gasteiger partial charge in [-0.2, -0.15) is 4.98 Å². The molecule has 1 saturated carbocycles. The highest BCUT2D eigenvalue weighted by atomic mass is 32.2. The molecule has 4 rings (SSSR count). The predicted octanol–water partition coefficient (Wildman–Crippen LogP) is 3.79. The third-order valence-electron chi connectivity index (χ3n) is 4.25. The Morgan fingerprint density at radius 2 is 2.29 bits per heavy atom. The average molecular weight is 342 g/mol. The van der Waals surface area contributed by atoms with Crippen LogP contribution >= 0.6 is 11.8 Å². The summed E-state index contributed by atoms with van der Waals surface area (Å²) in [6.07, 6.45) is 4.01. The van der Waals surface area contributed by atoms with Crippen molar-refractivity contribution in [1.82, 2.24) is 19.7 Å². The van der Waals surface area contributed by atoms with E-state index in [-0.39, 0.29) is 5.78 Å². The van der Waals surface area contributed by atoms with Crippen molar-refractivity contribution < 1.29 is 9.21 Å². The third-order valence-corrected chi connectivity index (χ3v) is 5.10. The molecule has 3 aromatic heterocycles. The summed E-state index contributed by atoms with van der Waals surface area (Å²) in [7, 11) is 0. The Balaban J connectivity index is 1.44. The lowest BCUT2D eigenvalue weighted by atomic mass is 10.2. The highest BCUT2D eigenvalue weighted by Gasteiger charge is 2.28. The fraction of sp³-hybridized carbons (Fsp3) is 0.353. The third kappa shape index (κ3) is 2.80. The van der Waals surface area contributed by atoms with Crippen LogP contribution in [0, 0.1) is 13.8 Å². The number of hydrogen-bond acceptors (Lipinski definition) is 5. The van der Waals surface area contributed by atoms with Crippen molar-refractivity contribution in [3.8, 4) is 11.6 Å². The zero-order chi connectivity index (χ0) is 16.7. The van der Waals surface area contributed by atoms with Crippen LogP contribution < -0.4 is 0 Å². The first-order valence-corrected chi connectivity index (χ1v) is 8.92. The first kappa shape index (κ1) is 15.3. The molecule has 3 heterocycles. The molecule has 1 fully saturated rings. The summed E-state index contributed by atoms with van der Waals surface area (Å²) in [6, 6.07) is 6.20. The molecule has 24 heavy (non-hydrogen) atoms. The van der Waals surface area contributed by atoms with Crippen LogP contribution in [-0.4, -0.2) is 31.3 Å². The molecule has 0 saturated heterocycles. The number of hydrogen-bond donors (Lipinski definition) is 1. The minimum absolute atomic E-state index is 0.115. The number of nitrogens with zero attached hydrogens (tertiary/aromatic N) is 3. The smallest absolute Gasteiger partial charge is 0.209 e. The molecular formula is C17H18N4O2S. The molecule has 0 amide bonds. The monoisotopic (exact) mass is 342 g/mol. The zero-order valence-electron chi connectivity index (χ0n) is 13.6. The molecule has 1 aliphatic rings. The van der Waals surface area contributed by atoms with E-state index in [1.807, 2.05) is 19.1 Å². The van der Waals surface area contributed by atoms with E-state index in [1.54, 1.807) is 12.3 Å². The number of ketones is 1. The number of nitrogens with one attached hydrogen (secondary N) is 1. The van der Waals surface area contributed by atoms with Gasteiger partial charge >= 0.3 is 0 Å². The Labute approximate surface area is 143 Å². The maximum Gasteiger partial charge on any atom is 0.209 e. The van der Waals surface area contributed by atoms with E-state index in [4.69, 9.17) is 4.42 Å². The van der Waals surface area contributed by atoms with E-state index in [9.17, 15) is 4.79 Å². The number of aryl methyl sites for hydroxylation is 1. The molecule has 1 N–H and O–H groups in total. The number of furan rings is 1. The largest absolute Gasteiger partial charge is 0.461 e. The number of aromatic amines is 1. The van der Waals surface area contributed by atoms with Crippen LogP contribution in [0.2, 0.25) is 0 Å². The van der Waals surface area contributed by atoms with Crippen LogP contribution in [0.4, 0.5) is 0 Å². The van der Waals surface area contributed by atoms with Gasteiger partial charge < -0.3 is 8.98 Å². The second kappa shape index (κ2) is 5.98. The molecule has 3 aromatic rings. The van der Waals surface area contributed by atoms with Gasteiger partial charge in [-0.05, 0) is 44.9 Å². The number of thioether (sulfide) groups is 1. The Morgan fingerprint density at radius 3 is 3.00 bits per heavy atom. The minimum Gasteiger partial charge on any atom is -0.461 e. The number of Topliss-reactive ketones (excluding diaryl/α,β-unsaturated/α-hetero) is 1. The van der Waals surface area contributed by atoms with Crippen molar-refractivity contribution in [1.29, 1.82) is 0 Å². The second-order valence-corrected chi connectivity index (χ2v) is 6.98. The summed E-state index contributed by atoms with van der Waals surface area (Å²) in [5.41, 5.74) is 3.06. The fourth-order valence-corrected chi connectivity index (χ4v) is 3.68. The van der Waals surface area contributed by atoms with E-state index in [0.29, 0.717) is 28.5 Å². The first-order chi connectivity index (χ1) is 11.6. The van der Waals surface area contributed by atoms with Gasteiger partial charge in [-0.15, -0.1) is 5.10 Å². The van der Waals surface area contributed by atoms with Gasteiger partial charge in [-0.25, -0.2) is 0 Å². The number of aromatic nitrogens is 4. The van der Waals surface area contributed by atoms with Gasteiger partial charge in [0.1, 0.15) is 0 Å². The maximum atomic E-state index is 12.6. The Kier molecular flexibility index (Phi) is 3.80. The number of carbonyl (C=O) groups is 1. The summed E-state index contributed by atoms with van der Waals surface area (Å²) < 4.78 is 7.57. The summed E-state index contributed by atoms with van der Waals surface area (Å²) in [5, 5.41) is 7.51. The van der Waals surface area contributed by atoms with Crippen LogP contribution in [0.15, 0.2) is 34.0 Å². The van der Waals surface area contributed by atoms with E-state index in [2.05, 4.69) is 26.7 Å². The van der Waals surface area contributed by atoms with Gasteiger partial charge in [-0.3, -0.25) is 9.89 Å². The van der Waals surface area contributed by atoms with Crippen LogP contribution in [0.25, 0.3) is 11.6 Å². The molecule has 0 atom stereocenters. The molecule has 0 spiro atoms. The van der Waals surface area contributed by atoms with Gasteiger partial charge in [0.05, 0.1) is 12.0 Å². The summed E-state index contributed by atoms with van der Waals surface area (Å²) >= 11 is 1.34.